The van der Waals surface area contributed by atoms with E-state index >= 15 is 0 Å². The quantitative estimate of drug-likeness (QED) is 0.700. The highest BCUT2D eigenvalue weighted by molar-refractivity contribution is 7.89. The molecule has 30 heavy (non-hydrogen) atoms. The zero-order valence-corrected chi connectivity index (χ0v) is 17.5. The summed E-state index contributed by atoms with van der Waals surface area (Å²) in [6, 6.07) is 12.9. The number of carbonyl (C=O) groups excluding carboxylic acids is 1. The number of carbonyl (C=O) groups is 1. The van der Waals surface area contributed by atoms with Crippen LogP contribution in [0.4, 0.5) is 0 Å². The molecule has 1 aliphatic heterocycles. The Morgan fingerprint density at radius 2 is 1.67 bits per heavy atom. The second-order valence-electron chi connectivity index (χ2n) is 7.94. The minimum Gasteiger partial charge on any atom is -0.335 e. The minimum atomic E-state index is -3.60. The molecule has 8 heteroatoms. The lowest BCUT2D eigenvalue weighted by molar-refractivity contribution is 0.0690. The molecule has 2 aliphatic rings. The molecule has 1 amide bonds. The number of amides is 1. The summed E-state index contributed by atoms with van der Waals surface area (Å²) < 4.78 is 27.7. The van der Waals surface area contributed by atoms with Crippen molar-refractivity contribution >= 4 is 26.7 Å². The van der Waals surface area contributed by atoms with Crippen LogP contribution in [0.1, 0.15) is 34.6 Å². The molecule has 1 aromatic heterocycles. The molecular weight excluding hydrogens is 400 g/mol. The average Bonchev–Trinajstić information content (AvgIpc) is 3.22. The van der Waals surface area contributed by atoms with Crippen LogP contribution in [-0.2, 0) is 22.9 Å². The van der Waals surface area contributed by atoms with Gasteiger partial charge >= 0.3 is 0 Å². The van der Waals surface area contributed by atoms with Gasteiger partial charge in [0.15, 0.2) is 5.69 Å². The Balaban J connectivity index is 1.31. The number of nitrogens with zero attached hydrogens (tertiary/aromatic N) is 3. The van der Waals surface area contributed by atoms with Gasteiger partial charge in [0.25, 0.3) is 5.91 Å². The lowest BCUT2D eigenvalue weighted by Gasteiger charge is -2.34. The molecule has 0 radical (unpaired) electrons. The van der Waals surface area contributed by atoms with Crippen LogP contribution >= 0.6 is 0 Å². The van der Waals surface area contributed by atoms with E-state index in [2.05, 4.69) is 10.2 Å². The molecule has 0 spiro atoms. The van der Waals surface area contributed by atoms with Crippen molar-refractivity contribution in [3.63, 3.8) is 0 Å². The molecule has 7 nitrogen and oxygen atoms in total. The third kappa shape index (κ3) is 3.30. The molecule has 3 aromatic rings. The number of H-pyrrole nitrogens is 1. The first-order valence-corrected chi connectivity index (χ1v) is 11.8. The molecule has 0 atom stereocenters. The molecule has 1 saturated heterocycles. The van der Waals surface area contributed by atoms with Crippen molar-refractivity contribution in [2.24, 2.45) is 0 Å². The smallest absolute Gasteiger partial charge is 0.274 e. The zero-order chi connectivity index (χ0) is 20.7. The fourth-order valence-electron chi connectivity index (χ4n) is 4.42. The van der Waals surface area contributed by atoms with Gasteiger partial charge in [-0.05, 0) is 48.6 Å². The highest BCUT2D eigenvalue weighted by atomic mass is 32.2. The maximum Gasteiger partial charge on any atom is 0.274 e. The van der Waals surface area contributed by atoms with Crippen LogP contribution < -0.4 is 0 Å². The van der Waals surface area contributed by atoms with Crippen molar-refractivity contribution in [2.75, 3.05) is 26.2 Å². The summed E-state index contributed by atoms with van der Waals surface area (Å²) in [5.74, 6) is -0.0999. The molecule has 0 bridgehead atoms. The first-order valence-electron chi connectivity index (χ1n) is 10.4. The summed E-state index contributed by atoms with van der Waals surface area (Å²) in [6.07, 6.45) is 4.01. The second-order valence-corrected chi connectivity index (χ2v) is 9.88. The number of rotatable bonds is 3. The monoisotopic (exact) mass is 424 g/mol. The highest BCUT2D eigenvalue weighted by Gasteiger charge is 2.32. The van der Waals surface area contributed by atoms with E-state index < -0.39 is 10.0 Å². The van der Waals surface area contributed by atoms with Gasteiger partial charge in [-0.2, -0.15) is 9.40 Å². The number of aromatic nitrogens is 2. The second kappa shape index (κ2) is 7.52. The molecule has 0 unspecified atom stereocenters. The Labute approximate surface area is 175 Å². The summed E-state index contributed by atoms with van der Waals surface area (Å²) in [4.78, 5) is 15.0. The number of sulfonamides is 1. The van der Waals surface area contributed by atoms with E-state index in [4.69, 9.17) is 0 Å². The average molecular weight is 425 g/mol. The summed E-state index contributed by atoms with van der Waals surface area (Å²) in [7, 11) is -3.60. The lowest BCUT2D eigenvalue weighted by atomic mass is 9.95. The Morgan fingerprint density at radius 1 is 0.933 bits per heavy atom. The summed E-state index contributed by atoms with van der Waals surface area (Å²) in [6.45, 7) is 1.31. The van der Waals surface area contributed by atoms with Gasteiger partial charge in [-0.1, -0.05) is 30.3 Å². The topological polar surface area (TPSA) is 86.4 Å². The molecule has 0 saturated carbocycles. The van der Waals surface area contributed by atoms with Crippen LogP contribution in [0.15, 0.2) is 47.4 Å². The van der Waals surface area contributed by atoms with E-state index in [0.29, 0.717) is 23.7 Å². The largest absolute Gasteiger partial charge is 0.335 e. The molecule has 5 rings (SSSR count). The van der Waals surface area contributed by atoms with Crippen LogP contribution in [0.5, 0.6) is 0 Å². The number of hydrogen-bond donors (Lipinski definition) is 1. The summed E-state index contributed by atoms with van der Waals surface area (Å²) >= 11 is 0. The van der Waals surface area contributed by atoms with Crippen LogP contribution in [0.25, 0.3) is 10.8 Å². The fraction of sp³-hybridized carbons (Fsp3) is 0.364. The number of fused-ring (bicyclic) bond motifs is 2. The van der Waals surface area contributed by atoms with Gasteiger partial charge in [-0.25, -0.2) is 8.42 Å². The predicted molar refractivity (Wildman–Crippen MR) is 114 cm³/mol. The van der Waals surface area contributed by atoms with E-state index in [1.165, 1.54) is 4.31 Å². The Kier molecular flexibility index (Phi) is 4.83. The van der Waals surface area contributed by atoms with Crippen LogP contribution in [0.3, 0.4) is 0 Å². The maximum atomic E-state index is 13.1. The Morgan fingerprint density at radius 3 is 2.47 bits per heavy atom. The van der Waals surface area contributed by atoms with E-state index in [-0.39, 0.29) is 19.0 Å². The summed E-state index contributed by atoms with van der Waals surface area (Å²) in [5.41, 5.74) is 2.62. The van der Waals surface area contributed by atoms with Crippen LogP contribution in [-0.4, -0.2) is 59.9 Å². The van der Waals surface area contributed by atoms with Gasteiger partial charge in [0.1, 0.15) is 0 Å². The van der Waals surface area contributed by atoms with Gasteiger partial charge in [0, 0.05) is 37.4 Å². The standard InChI is InChI=1S/C22H24N4O3S/c27-22(21-19-7-3-4-8-20(19)23-24-21)25-11-13-26(14-12-25)30(28,29)18-10-9-16-5-1-2-6-17(16)15-18/h1-2,5-6,9-10,15H,3-4,7-8,11-14H2,(H,23,24). The van der Waals surface area contributed by atoms with E-state index in [9.17, 15) is 13.2 Å². The third-order valence-corrected chi connectivity index (χ3v) is 8.04. The van der Waals surface area contributed by atoms with Gasteiger partial charge in [0.2, 0.25) is 10.0 Å². The molecule has 156 valence electrons. The van der Waals surface area contributed by atoms with Gasteiger partial charge in [0.05, 0.1) is 4.90 Å². The number of aromatic amines is 1. The van der Waals surface area contributed by atoms with Crippen molar-refractivity contribution in [1.29, 1.82) is 0 Å². The first-order chi connectivity index (χ1) is 14.5. The number of aryl methyl sites for hydroxylation is 1. The number of piperazine rings is 1. The van der Waals surface area contributed by atoms with Gasteiger partial charge < -0.3 is 4.90 Å². The minimum absolute atomic E-state index is 0.0999. The van der Waals surface area contributed by atoms with Gasteiger partial charge in [-0.15, -0.1) is 0 Å². The Hall–Kier alpha value is -2.71. The third-order valence-electron chi connectivity index (χ3n) is 6.14. The lowest BCUT2D eigenvalue weighted by Crippen LogP contribution is -2.50. The molecule has 1 fully saturated rings. The van der Waals surface area contributed by atoms with Crippen molar-refractivity contribution in [2.45, 2.75) is 30.6 Å². The maximum absolute atomic E-state index is 13.1. The zero-order valence-electron chi connectivity index (χ0n) is 16.7. The van der Waals surface area contributed by atoms with E-state index in [0.717, 1.165) is 47.7 Å². The molecule has 2 aromatic carbocycles. The van der Waals surface area contributed by atoms with E-state index in [1.54, 1.807) is 17.0 Å². The predicted octanol–water partition coefficient (Wildman–Crippen LogP) is 2.59. The Bertz CT molecular complexity index is 1210. The van der Waals surface area contributed by atoms with Crippen molar-refractivity contribution < 1.29 is 13.2 Å². The first kappa shape index (κ1) is 19.3. The summed E-state index contributed by atoms with van der Waals surface area (Å²) in [5, 5.41) is 9.19. The molecule has 2 heterocycles. The van der Waals surface area contributed by atoms with Crippen molar-refractivity contribution in [1.82, 2.24) is 19.4 Å². The highest BCUT2D eigenvalue weighted by Crippen LogP contribution is 2.25. The number of nitrogens with one attached hydrogen (secondary N) is 1. The number of benzene rings is 2. The van der Waals surface area contributed by atoms with Crippen LogP contribution in [0.2, 0.25) is 0 Å². The fourth-order valence-corrected chi connectivity index (χ4v) is 5.87. The van der Waals surface area contributed by atoms with Crippen LogP contribution in [0, 0.1) is 0 Å². The normalized spacial score (nSPS) is 17.8. The molecular formula is C22H24N4O3S. The van der Waals surface area contributed by atoms with E-state index in [1.807, 2.05) is 30.3 Å². The van der Waals surface area contributed by atoms with Crippen molar-refractivity contribution in [3.05, 3.63) is 59.4 Å². The van der Waals surface area contributed by atoms with Crippen molar-refractivity contribution in [3.8, 4) is 0 Å². The molecule has 1 N–H and O–H groups in total. The van der Waals surface area contributed by atoms with Gasteiger partial charge in [-0.3, -0.25) is 9.89 Å². The SMILES string of the molecule is O=C(c1n[nH]c2c1CCCC2)N1CCN(S(=O)(=O)c2ccc3ccccc3c2)CC1. The number of hydrogen-bond acceptors (Lipinski definition) is 4. The molecule has 1 aliphatic carbocycles.